The van der Waals surface area contributed by atoms with Crippen LogP contribution >= 0.6 is 15.9 Å². The molecule has 2 aromatic heterocycles. The lowest BCUT2D eigenvalue weighted by molar-refractivity contribution is 0.414. The highest BCUT2D eigenvalue weighted by Gasteiger charge is 2.17. The van der Waals surface area contributed by atoms with Crippen molar-refractivity contribution in [3.63, 3.8) is 0 Å². The van der Waals surface area contributed by atoms with Gasteiger partial charge in [0.05, 0.1) is 24.6 Å². The second-order valence-electron chi connectivity index (χ2n) is 6.92. The number of para-hydroxylation sites is 1. The highest BCUT2D eigenvalue weighted by Crippen LogP contribution is 2.24. The monoisotopic (exact) mass is 460 g/mol. The van der Waals surface area contributed by atoms with Crippen LogP contribution in [0.15, 0.2) is 82.1 Å². The predicted octanol–water partition coefficient (Wildman–Crippen LogP) is 4.53. The van der Waals surface area contributed by atoms with E-state index in [9.17, 15) is 4.79 Å². The molecule has 3 aromatic carbocycles. The first-order valence-electron chi connectivity index (χ1n) is 9.41. The van der Waals surface area contributed by atoms with Crippen LogP contribution in [0.4, 0.5) is 0 Å². The molecule has 5 rings (SSSR count). The molecule has 0 fully saturated rings. The molecule has 0 saturated heterocycles. The van der Waals surface area contributed by atoms with Gasteiger partial charge < -0.3 is 4.74 Å². The Morgan fingerprint density at radius 2 is 1.67 bits per heavy atom. The van der Waals surface area contributed by atoms with Crippen LogP contribution in [0.3, 0.4) is 0 Å². The van der Waals surface area contributed by atoms with Crippen LogP contribution < -0.4 is 10.3 Å². The molecule has 0 N–H and O–H groups in total. The summed E-state index contributed by atoms with van der Waals surface area (Å²) in [6.07, 6.45) is 0. The second kappa shape index (κ2) is 7.42. The van der Waals surface area contributed by atoms with Gasteiger partial charge >= 0.3 is 0 Å². The lowest BCUT2D eigenvalue weighted by Crippen LogP contribution is -2.24. The molecule has 0 amide bonds. The van der Waals surface area contributed by atoms with Gasteiger partial charge in [0.25, 0.3) is 5.56 Å². The molecule has 0 aliphatic carbocycles. The van der Waals surface area contributed by atoms with Gasteiger partial charge in [0, 0.05) is 10.0 Å². The SMILES string of the molecule is COc1ccc(Cn2c(=O)c3ccccc3n3c(-c4ccc(Br)cc4)nnc23)cc1. The van der Waals surface area contributed by atoms with Crippen LogP contribution in [0.5, 0.6) is 5.75 Å². The fourth-order valence-corrected chi connectivity index (χ4v) is 3.86. The summed E-state index contributed by atoms with van der Waals surface area (Å²) >= 11 is 3.47. The summed E-state index contributed by atoms with van der Waals surface area (Å²) in [4.78, 5) is 13.3. The fourth-order valence-electron chi connectivity index (χ4n) is 3.60. The normalized spacial score (nSPS) is 11.3. The lowest BCUT2D eigenvalue weighted by Gasteiger charge is -2.12. The summed E-state index contributed by atoms with van der Waals surface area (Å²) < 4.78 is 9.83. The van der Waals surface area contributed by atoms with Gasteiger partial charge in [-0.2, -0.15) is 0 Å². The maximum Gasteiger partial charge on any atom is 0.263 e. The summed E-state index contributed by atoms with van der Waals surface area (Å²) in [7, 11) is 1.63. The van der Waals surface area contributed by atoms with Gasteiger partial charge in [-0.25, -0.2) is 0 Å². The third-order valence-corrected chi connectivity index (χ3v) is 5.64. The van der Waals surface area contributed by atoms with Crippen LogP contribution in [0.1, 0.15) is 5.56 Å². The van der Waals surface area contributed by atoms with Crippen molar-refractivity contribution in [3.8, 4) is 17.1 Å². The Kier molecular flexibility index (Phi) is 4.59. The van der Waals surface area contributed by atoms with Crippen LogP contribution in [0.2, 0.25) is 0 Å². The van der Waals surface area contributed by atoms with Crippen LogP contribution in [-0.2, 0) is 6.54 Å². The Balaban J connectivity index is 1.76. The van der Waals surface area contributed by atoms with Gasteiger partial charge in [-0.15, -0.1) is 10.2 Å². The number of nitrogens with zero attached hydrogens (tertiary/aromatic N) is 4. The van der Waals surface area contributed by atoms with E-state index < -0.39 is 0 Å². The van der Waals surface area contributed by atoms with E-state index in [0.29, 0.717) is 23.5 Å². The molecule has 5 aromatic rings. The molecule has 0 aliphatic heterocycles. The van der Waals surface area contributed by atoms with Gasteiger partial charge in [-0.1, -0.05) is 52.3 Å². The minimum atomic E-state index is -0.0938. The largest absolute Gasteiger partial charge is 0.497 e. The molecule has 148 valence electrons. The Bertz CT molecular complexity index is 1420. The van der Waals surface area contributed by atoms with Crippen LogP contribution in [0, 0.1) is 0 Å². The molecule has 6 nitrogen and oxygen atoms in total. The second-order valence-corrected chi connectivity index (χ2v) is 7.84. The first-order chi connectivity index (χ1) is 14.7. The summed E-state index contributed by atoms with van der Waals surface area (Å²) in [5.41, 5.74) is 2.59. The molecule has 7 heteroatoms. The van der Waals surface area contributed by atoms with Crippen molar-refractivity contribution in [3.05, 3.63) is 93.2 Å². The number of halogens is 1. The average molecular weight is 461 g/mol. The Morgan fingerprint density at radius 3 is 2.40 bits per heavy atom. The fraction of sp³-hybridized carbons (Fsp3) is 0.0870. The summed E-state index contributed by atoms with van der Waals surface area (Å²) in [5, 5.41) is 9.45. The molecule has 0 bridgehead atoms. The van der Waals surface area contributed by atoms with Crippen molar-refractivity contribution < 1.29 is 4.74 Å². The Hall–Kier alpha value is -3.45. The van der Waals surface area contributed by atoms with Crippen LogP contribution in [-0.4, -0.2) is 26.3 Å². The topological polar surface area (TPSA) is 61.4 Å². The molecule has 0 radical (unpaired) electrons. The van der Waals surface area contributed by atoms with Gasteiger partial charge in [-0.3, -0.25) is 13.8 Å². The van der Waals surface area contributed by atoms with Gasteiger partial charge in [0.15, 0.2) is 5.82 Å². The summed E-state index contributed by atoms with van der Waals surface area (Å²) in [6.45, 7) is 0.385. The molecule has 0 spiro atoms. The van der Waals surface area contributed by atoms with E-state index in [1.165, 1.54) is 0 Å². The minimum absolute atomic E-state index is 0.0938. The first kappa shape index (κ1) is 18.6. The van der Waals surface area contributed by atoms with Crippen molar-refractivity contribution in [2.24, 2.45) is 0 Å². The standard InChI is InChI=1S/C23H17BrN4O2/c1-30-18-12-6-15(7-13-18)14-27-22(29)19-4-2-3-5-20(19)28-21(25-26-23(27)28)16-8-10-17(24)11-9-16/h2-13H,14H2,1H3. The van der Waals surface area contributed by atoms with Crippen molar-refractivity contribution in [2.75, 3.05) is 7.11 Å². The number of rotatable bonds is 4. The first-order valence-corrected chi connectivity index (χ1v) is 10.2. The minimum Gasteiger partial charge on any atom is -0.497 e. The molecular formula is C23H17BrN4O2. The Labute approximate surface area is 180 Å². The molecule has 0 saturated carbocycles. The number of hydrogen-bond acceptors (Lipinski definition) is 4. The summed E-state index contributed by atoms with van der Waals surface area (Å²) in [6, 6.07) is 23.1. The molecule has 30 heavy (non-hydrogen) atoms. The number of hydrogen-bond donors (Lipinski definition) is 0. The van der Waals surface area contributed by atoms with E-state index in [0.717, 1.165) is 26.9 Å². The highest BCUT2D eigenvalue weighted by molar-refractivity contribution is 9.10. The lowest BCUT2D eigenvalue weighted by atomic mass is 10.2. The molecule has 0 unspecified atom stereocenters. The number of benzene rings is 3. The predicted molar refractivity (Wildman–Crippen MR) is 120 cm³/mol. The zero-order valence-corrected chi connectivity index (χ0v) is 17.7. The summed E-state index contributed by atoms with van der Waals surface area (Å²) in [5.74, 6) is 1.97. The van der Waals surface area contributed by atoms with E-state index >= 15 is 0 Å². The quantitative estimate of drug-likeness (QED) is 0.395. The number of ether oxygens (including phenoxy) is 1. The van der Waals surface area contributed by atoms with Crippen molar-refractivity contribution in [1.29, 1.82) is 0 Å². The average Bonchev–Trinajstić information content (AvgIpc) is 3.23. The van der Waals surface area contributed by atoms with Gasteiger partial charge in [-0.05, 0) is 42.0 Å². The third kappa shape index (κ3) is 3.07. The number of methoxy groups -OCH3 is 1. The van der Waals surface area contributed by atoms with E-state index in [2.05, 4.69) is 26.1 Å². The maximum absolute atomic E-state index is 13.3. The molecule has 0 aliphatic rings. The van der Waals surface area contributed by atoms with Crippen molar-refractivity contribution in [1.82, 2.24) is 19.2 Å². The van der Waals surface area contributed by atoms with Gasteiger partial charge in [0.1, 0.15) is 5.75 Å². The zero-order valence-electron chi connectivity index (χ0n) is 16.1. The van der Waals surface area contributed by atoms with E-state index in [-0.39, 0.29) is 5.56 Å². The van der Waals surface area contributed by atoms with E-state index in [1.807, 2.05) is 77.2 Å². The third-order valence-electron chi connectivity index (χ3n) is 5.11. The van der Waals surface area contributed by atoms with E-state index in [4.69, 9.17) is 4.74 Å². The number of aromatic nitrogens is 4. The van der Waals surface area contributed by atoms with Crippen molar-refractivity contribution in [2.45, 2.75) is 6.54 Å². The molecular weight excluding hydrogens is 444 g/mol. The van der Waals surface area contributed by atoms with Crippen LogP contribution in [0.25, 0.3) is 28.1 Å². The molecule has 0 atom stereocenters. The smallest absolute Gasteiger partial charge is 0.263 e. The van der Waals surface area contributed by atoms with E-state index in [1.54, 1.807) is 11.7 Å². The highest BCUT2D eigenvalue weighted by atomic mass is 79.9. The Morgan fingerprint density at radius 1 is 0.933 bits per heavy atom. The van der Waals surface area contributed by atoms with Gasteiger partial charge in [0.2, 0.25) is 5.78 Å². The zero-order chi connectivity index (χ0) is 20.7. The molecule has 2 heterocycles. The maximum atomic E-state index is 13.3. The number of fused-ring (bicyclic) bond motifs is 3. The van der Waals surface area contributed by atoms with Crippen molar-refractivity contribution >= 4 is 32.6 Å².